The predicted molar refractivity (Wildman–Crippen MR) is 71.1 cm³/mol. The zero-order valence-electron chi connectivity index (χ0n) is 11.4. The summed E-state index contributed by atoms with van der Waals surface area (Å²) in [5.41, 5.74) is 0.273. The average Bonchev–Trinajstić information content (AvgIpc) is 2.13. The van der Waals surface area contributed by atoms with Crippen LogP contribution >= 0.6 is 0 Å². The van der Waals surface area contributed by atoms with Crippen LogP contribution in [0.25, 0.3) is 0 Å². The van der Waals surface area contributed by atoms with Crippen LogP contribution in [0.5, 0.6) is 0 Å². The van der Waals surface area contributed by atoms with Gasteiger partial charge < -0.3 is 4.74 Å². The van der Waals surface area contributed by atoms with Crippen molar-refractivity contribution in [3.8, 4) is 0 Å². The summed E-state index contributed by atoms with van der Waals surface area (Å²) < 4.78 is 5.28. The highest BCUT2D eigenvalue weighted by Crippen LogP contribution is 2.15. The van der Waals surface area contributed by atoms with Gasteiger partial charge in [0, 0.05) is 6.54 Å². The van der Waals surface area contributed by atoms with Crippen molar-refractivity contribution in [1.82, 2.24) is 4.90 Å². The fraction of sp³-hybridized carbons (Fsp3) is 0.538. The second kappa shape index (κ2) is 6.23. The van der Waals surface area contributed by atoms with Crippen molar-refractivity contribution in [3.05, 3.63) is 24.0 Å². The molecule has 0 rings (SSSR count). The van der Waals surface area contributed by atoms with Crippen molar-refractivity contribution >= 4 is 12.8 Å². The van der Waals surface area contributed by atoms with E-state index in [0.717, 1.165) is 5.57 Å². The predicted octanol–water partition coefficient (Wildman–Crippen LogP) is 3.36. The summed E-state index contributed by atoms with van der Waals surface area (Å²) in [4.78, 5) is 17.2. The largest absolute Gasteiger partial charge is 0.443 e. The summed E-state index contributed by atoms with van der Waals surface area (Å²) >= 11 is 0. The van der Waals surface area contributed by atoms with E-state index in [1.165, 1.54) is 4.90 Å². The third-order valence-electron chi connectivity index (χ3n) is 1.74. The summed E-state index contributed by atoms with van der Waals surface area (Å²) in [7, 11) is 0. The lowest BCUT2D eigenvalue weighted by Crippen LogP contribution is -2.35. The summed E-state index contributed by atoms with van der Waals surface area (Å²) in [6, 6.07) is 0. The van der Waals surface area contributed by atoms with E-state index >= 15 is 0 Å². The van der Waals surface area contributed by atoms with E-state index in [0.29, 0.717) is 12.4 Å². The number of hydrogen-bond donors (Lipinski definition) is 0. The smallest absolute Gasteiger partial charge is 0.415 e. The van der Waals surface area contributed by atoms with Gasteiger partial charge >= 0.3 is 6.09 Å². The molecule has 0 unspecified atom stereocenters. The van der Waals surface area contributed by atoms with Crippen LogP contribution in [-0.2, 0) is 4.74 Å². The second-order valence-electron chi connectivity index (χ2n) is 4.73. The highest BCUT2D eigenvalue weighted by atomic mass is 16.6. The molecule has 0 saturated carbocycles. The van der Waals surface area contributed by atoms with E-state index in [-0.39, 0.29) is 0 Å². The SMILES string of the molecule is C=N/C(=C\C(=C)C)N(CC)C(=O)OC(C)(C)C. The normalized spacial score (nSPS) is 11.9. The van der Waals surface area contributed by atoms with Gasteiger partial charge in [0.25, 0.3) is 0 Å². The lowest BCUT2D eigenvalue weighted by molar-refractivity contribution is 0.0320. The number of aliphatic imine (C=N–C) groups is 1. The third-order valence-corrected chi connectivity index (χ3v) is 1.74. The van der Waals surface area contributed by atoms with Crippen LogP contribution < -0.4 is 0 Å². The highest BCUT2D eigenvalue weighted by molar-refractivity contribution is 5.70. The molecule has 96 valence electrons. The van der Waals surface area contributed by atoms with Gasteiger partial charge in [0.05, 0.1) is 0 Å². The average molecular weight is 238 g/mol. The first-order valence-electron chi connectivity index (χ1n) is 5.55. The lowest BCUT2D eigenvalue weighted by Gasteiger charge is -2.26. The number of amides is 1. The number of allylic oxidation sites excluding steroid dienone is 2. The molecular weight excluding hydrogens is 216 g/mol. The Morgan fingerprint density at radius 1 is 1.47 bits per heavy atom. The fourth-order valence-electron chi connectivity index (χ4n) is 1.13. The molecule has 1 amide bonds. The maximum atomic E-state index is 11.9. The number of carbonyl (C=O) groups excluding carboxylic acids is 1. The molecule has 0 aromatic heterocycles. The van der Waals surface area contributed by atoms with Crippen LogP contribution in [0.15, 0.2) is 29.0 Å². The van der Waals surface area contributed by atoms with E-state index in [1.54, 1.807) is 6.08 Å². The fourth-order valence-corrected chi connectivity index (χ4v) is 1.13. The maximum Gasteiger partial charge on any atom is 0.415 e. The Hall–Kier alpha value is -1.58. The van der Waals surface area contributed by atoms with Crippen LogP contribution in [-0.4, -0.2) is 29.9 Å². The van der Waals surface area contributed by atoms with Gasteiger partial charge in [0.15, 0.2) is 0 Å². The monoisotopic (exact) mass is 238 g/mol. The Bertz CT molecular complexity index is 338. The van der Waals surface area contributed by atoms with Gasteiger partial charge in [-0.3, -0.25) is 4.90 Å². The molecular formula is C13H22N2O2. The molecule has 0 spiro atoms. The Balaban J connectivity index is 5.00. The van der Waals surface area contributed by atoms with Crippen LogP contribution in [0.3, 0.4) is 0 Å². The van der Waals surface area contributed by atoms with Gasteiger partial charge in [-0.15, -0.1) is 0 Å². The van der Waals surface area contributed by atoms with Gasteiger partial charge in [-0.2, -0.15) is 0 Å². The van der Waals surface area contributed by atoms with Crippen LogP contribution in [0.2, 0.25) is 0 Å². The van der Waals surface area contributed by atoms with Gasteiger partial charge in [0.2, 0.25) is 0 Å². The molecule has 0 aliphatic rings. The van der Waals surface area contributed by atoms with Gasteiger partial charge in [0.1, 0.15) is 11.4 Å². The molecule has 4 nitrogen and oxygen atoms in total. The number of rotatable bonds is 4. The first-order chi connectivity index (χ1) is 7.71. The number of nitrogens with zero attached hydrogens (tertiary/aromatic N) is 2. The van der Waals surface area contributed by atoms with Crippen LogP contribution in [0, 0.1) is 0 Å². The van der Waals surface area contributed by atoms with Crippen molar-refractivity contribution in [2.45, 2.75) is 40.2 Å². The number of hydrogen-bond acceptors (Lipinski definition) is 3. The third kappa shape index (κ3) is 5.90. The molecule has 0 radical (unpaired) electrons. The molecule has 0 aromatic carbocycles. The molecule has 17 heavy (non-hydrogen) atoms. The minimum Gasteiger partial charge on any atom is -0.443 e. The highest BCUT2D eigenvalue weighted by Gasteiger charge is 2.23. The standard InChI is InChI=1S/C13H22N2O2/c1-8-15(11(14-7)9-10(2)3)12(16)17-13(4,5)6/h9H,2,7-8H2,1,3-6H3/b11-9+. The number of carbonyl (C=O) groups is 1. The molecule has 0 aliphatic carbocycles. The topological polar surface area (TPSA) is 41.9 Å². The summed E-state index contributed by atoms with van der Waals surface area (Å²) in [5, 5.41) is 0. The van der Waals surface area contributed by atoms with Crippen LogP contribution in [0.1, 0.15) is 34.6 Å². The van der Waals surface area contributed by atoms with Crippen molar-refractivity contribution < 1.29 is 9.53 Å². The number of ether oxygens (including phenoxy) is 1. The van der Waals surface area contributed by atoms with Crippen molar-refractivity contribution in [1.29, 1.82) is 0 Å². The molecule has 0 fully saturated rings. The zero-order valence-corrected chi connectivity index (χ0v) is 11.4. The van der Waals surface area contributed by atoms with E-state index in [4.69, 9.17) is 4.74 Å². The van der Waals surface area contributed by atoms with Crippen molar-refractivity contribution in [3.63, 3.8) is 0 Å². The van der Waals surface area contributed by atoms with Crippen molar-refractivity contribution in [2.75, 3.05) is 6.54 Å². The molecule has 0 N–H and O–H groups in total. The Morgan fingerprint density at radius 3 is 2.29 bits per heavy atom. The Labute approximate surface area is 104 Å². The molecule has 0 aromatic rings. The first-order valence-corrected chi connectivity index (χ1v) is 5.55. The van der Waals surface area contributed by atoms with E-state index in [2.05, 4.69) is 18.3 Å². The second-order valence-corrected chi connectivity index (χ2v) is 4.73. The summed E-state index contributed by atoms with van der Waals surface area (Å²) in [6.45, 7) is 16.8. The minimum absolute atomic E-state index is 0.431. The van der Waals surface area contributed by atoms with E-state index in [1.807, 2.05) is 34.6 Å². The van der Waals surface area contributed by atoms with Crippen LogP contribution in [0.4, 0.5) is 4.79 Å². The zero-order chi connectivity index (χ0) is 13.6. The van der Waals surface area contributed by atoms with E-state index in [9.17, 15) is 4.79 Å². The van der Waals surface area contributed by atoms with Gasteiger partial charge in [-0.05, 0) is 47.4 Å². The molecule has 0 atom stereocenters. The molecule has 0 bridgehead atoms. The van der Waals surface area contributed by atoms with E-state index < -0.39 is 11.7 Å². The molecule has 0 aliphatic heterocycles. The summed E-state index contributed by atoms with van der Waals surface area (Å²) in [5.74, 6) is 0.453. The quantitative estimate of drug-likeness (QED) is 0.556. The molecule has 4 heteroatoms. The molecule has 0 heterocycles. The molecule has 0 saturated heterocycles. The lowest BCUT2D eigenvalue weighted by atomic mass is 10.2. The summed E-state index contributed by atoms with van der Waals surface area (Å²) in [6.07, 6.45) is 1.26. The van der Waals surface area contributed by atoms with Gasteiger partial charge in [-0.1, -0.05) is 12.2 Å². The maximum absolute atomic E-state index is 11.9. The van der Waals surface area contributed by atoms with Crippen molar-refractivity contribution in [2.24, 2.45) is 4.99 Å². The Kier molecular flexibility index (Phi) is 5.65. The first kappa shape index (κ1) is 15.4. The van der Waals surface area contributed by atoms with Gasteiger partial charge in [-0.25, -0.2) is 9.79 Å². The minimum atomic E-state index is -0.528. The Morgan fingerprint density at radius 2 is 2.00 bits per heavy atom.